The summed E-state index contributed by atoms with van der Waals surface area (Å²) >= 11 is 12.4. The van der Waals surface area contributed by atoms with Crippen LogP contribution in [0.15, 0.2) is 55.1 Å². The van der Waals surface area contributed by atoms with Crippen molar-refractivity contribution in [3.05, 3.63) is 76.3 Å². The standard InChI is InChI=1S/C33H42Cl2N2O4/c1-6-15-36-16-14-32(26-8-7-9-28(19-26)41-24(4)38)20-27(12-13-33(32,22-36)40-5)37(21-23(2)3)31(39)18-25-10-11-29(34)30(35)17-25/h6-11,17,19,23,27H,1,12-16,18,20-22H2,2-5H3. The van der Waals surface area contributed by atoms with Crippen LogP contribution in [0.25, 0.3) is 0 Å². The molecule has 1 heterocycles. The van der Waals surface area contributed by atoms with Crippen LogP contribution in [0, 0.1) is 5.92 Å². The van der Waals surface area contributed by atoms with Gasteiger partial charge in [-0.25, -0.2) is 0 Å². The number of carbonyl (C=O) groups excluding carboxylic acids is 2. The van der Waals surface area contributed by atoms with Crippen LogP contribution in [0.2, 0.25) is 10.0 Å². The molecule has 1 saturated carbocycles. The van der Waals surface area contributed by atoms with Gasteiger partial charge in [0.2, 0.25) is 5.91 Å². The number of likely N-dealkylation sites (tertiary alicyclic amines) is 1. The maximum absolute atomic E-state index is 13.9. The molecule has 0 spiro atoms. The zero-order chi connectivity index (χ0) is 29.8. The Balaban J connectivity index is 1.73. The van der Waals surface area contributed by atoms with Crippen molar-refractivity contribution in [2.24, 2.45) is 5.92 Å². The van der Waals surface area contributed by atoms with E-state index in [2.05, 4.69) is 36.3 Å². The van der Waals surface area contributed by atoms with E-state index in [1.165, 1.54) is 6.92 Å². The Kier molecular flexibility index (Phi) is 10.2. The quantitative estimate of drug-likeness (QED) is 0.172. The summed E-state index contributed by atoms with van der Waals surface area (Å²) in [5, 5.41) is 0.929. The number of amides is 1. The highest BCUT2D eigenvalue weighted by atomic mass is 35.5. The second-order valence-electron chi connectivity index (χ2n) is 11.9. The Morgan fingerprint density at radius 2 is 1.95 bits per heavy atom. The average molecular weight is 602 g/mol. The van der Waals surface area contributed by atoms with Gasteiger partial charge in [-0.2, -0.15) is 0 Å². The fraction of sp³-hybridized carbons (Fsp3) is 0.515. The summed E-state index contributed by atoms with van der Waals surface area (Å²) in [6, 6.07) is 13.3. The van der Waals surface area contributed by atoms with Crippen molar-refractivity contribution in [2.45, 2.75) is 69.9 Å². The lowest BCUT2D eigenvalue weighted by atomic mass is 9.55. The number of rotatable bonds is 10. The number of fused-ring (bicyclic) bond motifs is 1. The van der Waals surface area contributed by atoms with Crippen LogP contribution in [0.1, 0.15) is 57.6 Å². The second-order valence-corrected chi connectivity index (χ2v) is 12.8. The third-order valence-electron chi connectivity index (χ3n) is 8.76. The number of benzene rings is 2. The highest BCUT2D eigenvalue weighted by Gasteiger charge is 2.59. The summed E-state index contributed by atoms with van der Waals surface area (Å²) in [5.74, 6) is 0.565. The van der Waals surface area contributed by atoms with Crippen LogP contribution in [0.3, 0.4) is 0 Å². The van der Waals surface area contributed by atoms with E-state index in [1.54, 1.807) is 12.1 Å². The summed E-state index contributed by atoms with van der Waals surface area (Å²) in [6.45, 7) is 12.8. The first-order valence-electron chi connectivity index (χ1n) is 14.4. The maximum atomic E-state index is 13.9. The Morgan fingerprint density at radius 1 is 1.17 bits per heavy atom. The highest BCUT2D eigenvalue weighted by Crippen LogP contribution is 2.54. The lowest BCUT2D eigenvalue weighted by Gasteiger charge is -2.60. The number of piperidine rings is 1. The predicted molar refractivity (Wildman–Crippen MR) is 165 cm³/mol. The van der Waals surface area contributed by atoms with Crippen molar-refractivity contribution in [1.29, 1.82) is 0 Å². The molecule has 2 aromatic carbocycles. The van der Waals surface area contributed by atoms with Crippen LogP contribution in [-0.4, -0.2) is 66.6 Å². The molecule has 1 aliphatic heterocycles. The number of methoxy groups -OCH3 is 1. The fourth-order valence-corrected chi connectivity index (χ4v) is 7.29. The normalized spacial score (nSPS) is 24.5. The molecule has 1 amide bonds. The number of esters is 1. The predicted octanol–water partition coefficient (Wildman–Crippen LogP) is 6.71. The first kappa shape index (κ1) is 31.6. The number of hydrogen-bond donors (Lipinski definition) is 0. The van der Waals surface area contributed by atoms with E-state index >= 15 is 0 Å². The summed E-state index contributed by atoms with van der Waals surface area (Å²) in [4.78, 5) is 30.2. The molecule has 1 saturated heterocycles. The molecule has 2 fully saturated rings. The van der Waals surface area contributed by atoms with Crippen molar-refractivity contribution in [1.82, 2.24) is 9.80 Å². The zero-order valence-corrected chi connectivity index (χ0v) is 26.1. The molecule has 0 bridgehead atoms. The third kappa shape index (κ3) is 6.83. The average Bonchev–Trinajstić information content (AvgIpc) is 2.93. The van der Waals surface area contributed by atoms with Crippen molar-refractivity contribution in [2.75, 3.05) is 33.3 Å². The van der Waals surface area contributed by atoms with Gasteiger partial charge < -0.3 is 14.4 Å². The highest BCUT2D eigenvalue weighted by molar-refractivity contribution is 6.42. The van der Waals surface area contributed by atoms with Crippen molar-refractivity contribution in [3.63, 3.8) is 0 Å². The molecule has 2 aliphatic rings. The molecule has 0 radical (unpaired) electrons. The fourth-order valence-electron chi connectivity index (χ4n) is 6.97. The lowest BCUT2D eigenvalue weighted by Crippen LogP contribution is -2.68. The van der Waals surface area contributed by atoms with Crippen LogP contribution >= 0.6 is 23.2 Å². The van der Waals surface area contributed by atoms with E-state index in [4.69, 9.17) is 32.7 Å². The lowest BCUT2D eigenvalue weighted by molar-refractivity contribution is -0.161. The zero-order valence-electron chi connectivity index (χ0n) is 24.6. The SMILES string of the molecule is C=CCN1CCC2(c3cccc(OC(C)=O)c3)CC(N(CC(C)C)C(=O)Cc3ccc(Cl)c(Cl)c3)CCC2(OC)C1. The van der Waals surface area contributed by atoms with Gasteiger partial charge in [-0.1, -0.05) is 61.3 Å². The van der Waals surface area contributed by atoms with Crippen molar-refractivity contribution in [3.8, 4) is 5.75 Å². The summed E-state index contributed by atoms with van der Waals surface area (Å²) < 4.78 is 12.0. The van der Waals surface area contributed by atoms with Crippen LogP contribution in [-0.2, 0) is 26.2 Å². The van der Waals surface area contributed by atoms with Crippen molar-refractivity contribution >= 4 is 35.1 Å². The molecule has 0 aromatic heterocycles. The number of halogens is 2. The van der Waals surface area contributed by atoms with Crippen LogP contribution < -0.4 is 4.74 Å². The monoisotopic (exact) mass is 600 g/mol. The van der Waals surface area contributed by atoms with E-state index in [9.17, 15) is 9.59 Å². The Hall–Kier alpha value is -2.38. The minimum Gasteiger partial charge on any atom is -0.427 e. The Bertz CT molecular complexity index is 1270. The molecule has 8 heteroatoms. The summed E-state index contributed by atoms with van der Waals surface area (Å²) in [7, 11) is 1.81. The van der Waals surface area contributed by atoms with Gasteiger partial charge >= 0.3 is 5.97 Å². The molecule has 0 N–H and O–H groups in total. The van der Waals surface area contributed by atoms with E-state index < -0.39 is 5.60 Å². The first-order valence-corrected chi connectivity index (χ1v) is 15.2. The van der Waals surface area contributed by atoms with Gasteiger partial charge in [-0.3, -0.25) is 14.5 Å². The number of hydrogen-bond acceptors (Lipinski definition) is 5. The van der Waals surface area contributed by atoms with Gasteiger partial charge in [-0.15, -0.1) is 6.58 Å². The third-order valence-corrected chi connectivity index (χ3v) is 9.50. The summed E-state index contributed by atoms with van der Waals surface area (Å²) in [6.07, 6.45) is 5.44. The molecule has 2 aromatic rings. The molecule has 3 atom stereocenters. The minimum absolute atomic E-state index is 0.0271. The van der Waals surface area contributed by atoms with E-state index in [0.29, 0.717) is 28.3 Å². The molecule has 1 aliphatic carbocycles. The molecular formula is C33H42Cl2N2O4. The molecule has 3 unspecified atom stereocenters. The van der Waals surface area contributed by atoms with Crippen LogP contribution in [0.5, 0.6) is 5.75 Å². The number of ether oxygens (including phenoxy) is 2. The number of nitrogens with zero attached hydrogens (tertiary/aromatic N) is 2. The van der Waals surface area contributed by atoms with Crippen molar-refractivity contribution < 1.29 is 19.1 Å². The van der Waals surface area contributed by atoms with Crippen LogP contribution in [0.4, 0.5) is 0 Å². The Labute approximate surface area is 254 Å². The molecule has 4 rings (SSSR count). The largest absolute Gasteiger partial charge is 0.427 e. The van der Waals surface area contributed by atoms with E-state index in [0.717, 1.165) is 56.4 Å². The Morgan fingerprint density at radius 3 is 2.61 bits per heavy atom. The summed E-state index contributed by atoms with van der Waals surface area (Å²) in [5.41, 5.74) is 1.09. The van der Waals surface area contributed by atoms with Gasteiger partial charge in [0.15, 0.2) is 0 Å². The smallest absolute Gasteiger partial charge is 0.308 e. The molecular weight excluding hydrogens is 559 g/mol. The second kappa shape index (κ2) is 13.3. The van der Waals surface area contributed by atoms with E-state index in [-0.39, 0.29) is 29.8 Å². The maximum Gasteiger partial charge on any atom is 0.308 e. The first-order chi connectivity index (χ1) is 19.5. The van der Waals surface area contributed by atoms with Gasteiger partial charge in [0.1, 0.15) is 5.75 Å². The number of carbonyl (C=O) groups is 2. The van der Waals surface area contributed by atoms with Gasteiger partial charge in [-0.05, 0) is 73.5 Å². The molecule has 222 valence electrons. The van der Waals surface area contributed by atoms with Gasteiger partial charge in [0, 0.05) is 45.1 Å². The molecule has 41 heavy (non-hydrogen) atoms. The minimum atomic E-state index is -0.462. The van der Waals surface area contributed by atoms with Gasteiger partial charge in [0.25, 0.3) is 0 Å². The topological polar surface area (TPSA) is 59.1 Å². The van der Waals surface area contributed by atoms with Gasteiger partial charge in [0.05, 0.1) is 22.1 Å². The molecule has 6 nitrogen and oxygen atoms in total. The van der Waals surface area contributed by atoms with E-state index in [1.807, 2.05) is 37.5 Å².